The summed E-state index contributed by atoms with van der Waals surface area (Å²) < 4.78 is 24.6. The Hall–Kier alpha value is -2.22. The number of hydrogen-bond donors (Lipinski definition) is 2. The van der Waals surface area contributed by atoms with Gasteiger partial charge in [0.05, 0.1) is 19.8 Å². The SMILES string of the molecule is CN(C)CCCNc1ncc(Cl)c(Sc2nnc(C(=O)Nc3ccc4c(c3)S(=O)(=O)C=C4)s2)c1Cl. The summed E-state index contributed by atoms with van der Waals surface area (Å²) in [7, 11) is 0.533. The third kappa shape index (κ3) is 6.13. The summed E-state index contributed by atoms with van der Waals surface area (Å²) in [5.41, 5.74) is 0.922. The predicted molar refractivity (Wildman–Crippen MR) is 141 cm³/mol. The largest absolute Gasteiger partial charge is 0.369 e. The van der Waals surface area contributed by atoms with Crippen LogP contribution in [0.25, 0.3) is 6.08 Å². The third-order valence-corrected chi connectivity index (χ3v) is 9.24. The molecule has 1 aliphatic rings. The van der Waals surface area contributed by atoms with Gasteiger partial charge in [-0.1, -0.05) is 52.4 Å². The van der Waals surface area contributed by atoms with Gasteiger partial charge in [-0.3, -0.25) is 4.79 Å². The Kier molecular flexibility index (Phi) is 7.99. The van der Waals surface area contributed by atoms with Crippen LogP contribution in [0.4, 0.5) is 11.5 Å². The third-order valence-electron chi connectivity index (χ3n) is 4.80. The Labute approximate surface area is 220 Å². The lowest BCUT2D eigenvalue weighted by Gasteiger charge is -2.13. The Morgan fingerprint density at radius 3 is 2.80 bits per heavy atom. The van der Waals surface area contributed by atoms with Crippen LogP contribution in [0.3, 0.4) is 0 Å². The second-order valence-electron chi connectivity index (χ2n) is 7.71. The first-order chi connectivity index (χ1) is 16.6. The van der Waals surface area contributed by atoms with E-state index in [9.17, 15) is 13.2 Å². The summed E-state index contributed by atoms with van der Waals surface area (Å²) >= 11 is 15.1. The molecule has 0 aliphatic carbocycles. The molecule has 0 saturated carbocycles. The average Bonchev–Trinajstić information content (AvgIpc) is 3.40. The van der Waals surface area contributed by atoms with Gasteiger partial charge >= 0.3 is 0 Å². The van der Waals surface area contributed by atoms with Gasteiger partial charge in [0.2, 0.25) is 14.8 Å². The van der Waals surface area contributed by atoms with Crippen molar-refractivity contribution in [3.63, 3.8) is 0 Å². The number of hydrogen-bond acceptors (Lipinski definition) is 10. The summed E-state index contributed by atoms with van der Waals surface area (Å²) in [6.07, 6.45) is 3.94. The molecule has 1 aliphatic heterocycles. The minimum Gasteiger partial charge on any atom is -0.369 e. The van der Waals surface area contributed by atoms with Crippen molar-refractivity contribution in [1.82, 2.24) is 20.1 Å². The van der Waals surface area contributed by atoms with E-state index >= 15 is 0 Å². The van der Waals surface area contributed by atoms with Gasteiger partial charge in [0.1, 0.15) is 5.82 Å². The van der Waals surface area contributed by atoms with Crippen molar-refractivity contribution in [2.75, 3.05) is 37.8 Å². The van der Waals surface area contributed by atoms with Crippen LogP contribution < -0.4 is 10.6 Å². The quantitative estimate of drug-likeness (QED) is 0.351. The van der Waals surface area contributed by atoms with E-state index < -0.39 is 15.7 Å². The number of sulfone groups is 1. The second-order valence-corrected chi connectivity index (χ2v) is 12.5. The zero-order chi connectivity index (χ0) is 25.2. The Balaban J connectivity index is 1.44. The lowest BCUT2D eigenvalue weighted by molar-refractivity contribution is 0.102. The van der Waals surface area contributed by atoms with Crippen molar-refractivity contribution in [2.24, 2.45) is 0 Å². The normalized spacial score (nSPS) is 13.7. The maximum Gasteiger partial charge on any atom is 0.286 e. The van der Waals surface area contributed by atoms with Gasteiger partial charge in [-0.25, -0.2) is 13.4 Å². The molecule has 0 atom stereocenters. The fraction of sp³-hybridized carbons (Fsp3) is 0.238. The molecule has 0 spiro atoms. The summed E-state index contributed by atoms with van der Waals surface area (Å²) in [6, 6.07) is 4.68. The number of carbonyl (C=O) groups is 1. The maximum atomic E-state index is 12.7. The predicted octanol–water partition coefficient (Wildman–Crippen LogP) is 4.77. The van der Waals surface area contributed by atoms with Crippen molar-refractivity contribution < 1.29 is 13.2 Å². The van der Waals surface area contributed by atoms with E-state index in [1.54, 1.807) is 12.1 Å². The van der Waals surface area contributed by atoms with E-state index in [4.69, 9.17) is 23.2 Å². The van der Waals surface area contributed by atoms with Crippen molar-refractivity contribution in [2.45, 2.75) is 20.6 Å². The molecule has 35 heavy (non-hydrogen) atoms. The highest BCUT2D eigenvalue weighted by Gasteiger charge is 2.22. The van der Waals surface area contributed by atoms with Crippen LogP contribution in [0.1, 0.15) is 21.8 Å². The van der Waals surface area contributed by atoms with E-state index in [0.29, 0.717) is 42.9 Å². The molecule has 0 fully saturated rings. The highest BCUT2D eigenvalue weighted by atomic mass is 35.5. The first-order valence-corrected chi connectivity index (χ1v) is 14.2. The molecule has 3 aromatic rings. The maximum absolute atomic E-state index is 12.7. The minimum atomic E-state index is -3.48. The highest BCUT2D eigenvalue weighted by molar-refractivity contribution is 8.01. The van der Waals surface area contributed by atoms with Gasteiger partial charge in [0, 0.05) is 23.8 Å². The standard InChI is InChI=1S/C21H20Cl2N6O3S3/c1-29(2)8-3-7-24-18-16(23)17(14(22)11-25-18)33-21-28-27-20(34-21)19(30)26-13-5-4-12-6-9-35(31,32)15(12)10-13/h4-6,9-11H,3,7-8H2,1-2H3,(H,24,25)(H,26,30). The van der Waals surface area contributed by atoms with E-state index in [1.165, 1.54) is 30.1 Å². The summed E-state index contributed by atoms with van der Waals surface area (Å²) in [5, 5.41) is 15.9. The number of amides is 1. The molecule has 184 valence electrons. The Morgan fingerprint density at radius 2 is 2.03 bits per heavy atom. The molecule has 0 radical (unpaired) electrons. The average molecular weight is 572 g/mol. The van der Waals surface area contributed by atoms with Gasteiger partial charge < -0.3 is 15.5 Å². The number of rotatable bonds is 9. The number of aromatic nitrogens is 3. The lowest BCUT2D eigenvalue weighted by Crippen LogP contribution is -2.16. The van der Waals surface area contributed by atoms with E-state index in [2.05, 4.69) is 30.7 Å². The molecular formula is C21H20Cl2N6O3S3. The van der Waals surface area contributed by atoms with Crippen LogP contribution in [0.15, 0.2) is 43.9 Å². The molecule has 3 heterocycles. The van der Waals surface area contributed by atoms with Crippen LogP contribution in [0, 0.1) is 0 Å². The van der Waals surface area contributed by atoms with Crippen LogP contribution in [-0.4, -0.2) is 61.6 Å². The molecule has 9 nitrogen and oxygen atoms in total. The molecule has 14 heteroatoms. The van der Waals surface area contributed by atoms with E-state index in [1.807, 2.05) is 14.1 Å². The number of nitrogens with zero attached hydrogens (tertiary/aromatic N) is 4. The zero-order valence-electron chi connectivity index (χ0n) is 18.6. The van der Waals surface area contributed by atoms with Gasteiger partial charge in [-0.2, -0.15) is 0 Å². The highest BCUT2D eigenvalue weighted by Crippen LogP contribution is 2.42. The fourth-order valence-corrected chi connectivity index (χ4v) is 6.70. The first-order valence-electron chi connectivity index (χ1n) is 10.3. The Morgan fingerprint density at radius 1 is 1.23 bits per heavy atom. The van der Waals surface area contributed by atoms with Gasteiger partial charge in [0.15, 0.2) is 4.34 Å². The molecule has 1 amide bonds. The number of pyridine rings is 1. The number of benzene rings is 1. The van der Waals surface area contributed by atoms with Crippen LogP contribution >= 0.6 is 46.3 Å². The molecule has 4 rings (SSSR count). The van der Waals surface area contributed by atoms with Crippen LogP contribution in [-0.2, 0) is 9.84 Å². The molecule has 0 bridgehead atoms. The van der Waals surface area contributed by atoms with Crippen LogP contribution in [0.2, 0.25) is 10.0 Å². The number of carbonyl (C=O) groups excluding carboxylic acids is 1. The molecule has 1 aromatic carbocycles. The van der Waals surface area contributed by atoms with Crippen molar-refractivity contribution in [3.8, 4) is 0 Å². The second kappa shape index (κ2) is 10.8. The fourth-order valence-electron chi connectivity index (χ4n) is 3.11. The molecule has 0 saturated heterocycles. The Bertz CT molecular complexity index is 1410. The summed E-state index contributed by atoms with van der Waals surface area (Å²) in [4.78, 5) is 19.7. The topological polar surface area (TPSA) is 117 Å². The zero-order valence-corrected chi connectivity index (χ0v) is 22.5. The minimum absolute atomic E-state index is 0.109. The molecule has 2 N–H and O–H groups in total. The number of nitrogens with one attached hydrogen (secondary N) is 2. The monoisotopic (exact) mass is 570 g/mol. The van der Waals surface area contributed by atoms with Gasteiger partial charge in [-0.05, 0) is 50.8 Å². The number of fused-ring (bicyclic) bond motifs is 1. The lowest BCUT2D eigenvalue weighted by atomic mass is 10.2. The molecule has 0 unspecified atom stereocenters. The number of anilines is 2. The molecular weight excluding hydrogens is 551 g/mol. The van der Waals surface area contributed by atoms with Crippen molar-refractivity contribution in [3.05, 3.63) is 50.4 Å². The van der Waals surface area contributed by atoms with Crippen molar-refractivity contribution in [1.29, 1.82) is 0 Å². The smallest absolute Gasteiger partial charge is 0.286 e. The molecule has 2 aromatic heterocycles. The summed E-state index contributed by atoms with van der Waals surface area (Å²) in [6.45, 7) is 1.62. The van der Waals surface area contributed by atoms with Crippen molar-refractivity contribution >= 4 is 79.6 Å². The van der Waals surface area contributed by atoms with Gasteiger partial charge in [0.25, 0.3) is 5.91 Å². The number of halogens is 2. The van der Waals surface area contributed by atoms with E-state index in [-0.39, 0.29) is 9.90 Å². The first kappa shape index (κ1) is 25.9. The summed E-state index contributed by atoms with van der Waals surface area (Å²) in [5.74, 6) is 0.00804. The van der Waals surface area contributed by atoms with Crippen LogP contribution in [0.5, 0.6) is 0 Å². The van der Waals surface area contributed by atoms with E-state index in [0.717, 1.165) is 29.7 Å². The van der Waals surface area contributed by atoms with Gasteiger partial charge in [-0.15, -0.1) is 10.2 Å².